The minimum absolute atomic E-state index is 0.00672. The van der Waals surface area contributed by atoms with Crippen LogP contribution in [0.1, 0.15) is 27.0 Å². The molecule has 2 nitrogen and oxygen atoms in total. The van der Waals surface area contributed by atoms with Crippen molar-refractivity contribution in [2.24, 2.45) is 4.99 Å². The molecule has 0 aliphatic heterocycles. The van der Waals surface area contributed by atoms with Crippen molar-refractivity contribution in [3.8, 4) is 0 Å². The van der Waals surface area contributed by atoms with Crippen LogP contribution in [0.2, 0.25) is 0 Å². The molecule has 0 radical (unpaired) electrons. The van der Waals surface area contributed by atoms with Crippen LogP contribution in [-0.2, 0) is 6.42 Å². The number of carbonyl (C=O) groups is 1. The highest BCUT2D eigenvalue weighted by atomic mass is 16.1. The maximum absolute atomic E-state index is 12.4. The van der Waals surface area contributed by atoms with Gasteiger partial charge in [-0.2, -0.15) is 0 Å². The Kier molecular flexibility index (Phi) is 4.46. The maximum Gasteiger partial charge on any atom is 0.207 e. The topological polar surface area (TPSA) is 29.4 Å². The SMILES string of the molecule is CN=C(Cc1cc(C)cc(C)c1)C(=O)c1ccccc1. The van der Waals surface area contributed by atoms with Gasteiger partial charge in [0.1, 0.15) is 0 Å². The molecule has 0 bridgehead atoms. The van der Waals surface area contributed by atoms with Crippen LogP contribution in [0.3, 0.4) is 0 Å². The second-order valence-electron chi connectivity index (χ2n) is 5.04. The van der Waals surface area contributed by atoms with E-state index >= 15 is 0 Å². The van der Waals surface area contributed by atoms with Crippen LogP contribution < -0.4 is 0 Å². The molecule has 0 aliphatic carbocycles. The first-order valence-electron chi connectivity index (χ1n) is 6.72. The molecular formula is C18H19NO. The zero-order chi connectivity index (χ0) is 14.5. The Labute approximate surface area is 120 Å². The molecular weight excluding hydrogens is 246 g/mol. The van der Waals surface area contributed by atoms with Crippen molar-refractivity contribution in [2.75, 3.05) is 7.05 Å². The van der Waals surface area contributed by atoms with Crippen molar-refractivity contribution in [1.29, 1.82) is 0 Å². The lowest BCUT2D eigenvalue weighted by molar-refractivity contribution is 0.106. The molecule has 2 rings (SSSR count). The first kappa shape index (κ1) is 14.2. The van der Waals surface area contributed by atoms with Crippen LogP contribution in [0, 0.1) is 13.8 Å². The van der Waals surface area contributed by atoms with Crippen LogP contribution in [0.5, 0.6) is 0 Å². The minimum Gasteiger partial charge on any atom is -0.289 e. The molecule has 0 amide bonds. The Bertz CT molecular complexity index is 621. The normalized spacial score (nSPS) is 11.4. The first-order chi connectivity index (χ1) is 9.60. The smallest absolute Gasteiger partial charge is 0.207 e. The van der Waals surface area contributed by atoms with Gasteiger partial charge < -0.3 is 0 Å². The summed E-state index contributed by atoms with van der Waals surface area (Å²) in [6.07, 6.45) is 0.576. The standard InChI is InChI=1S/C18H19NO/c1-13-9-14(2)11-15(10-13)12-17(19-3)18(20)16-7-5-4-6-8-16/h4-11H,12H2,1-3H3. The van der Waals surface area contributed by atoms with E-state index in [9.17, 15) is 4.79 Å². The summed E-state index contributed by atoms with van der Waals surface area (Å²) in [6.45, 7) is 4.14. The highest BCUT2D eigenvalue weighted by molar-refractivity contribution is 6.46. The largest absolute Gasteiger partial charge is 0.289 e. The summed E-state index contributed by atoms with van der Waals surface area (Å²) in [5.41, 5.74) is 4.84. The molecule has 20 heavy (non-hydrogen) atoms. The molecule has 0 heterocycles. The summed E-state index contributed by atoms with van der Waals surface area (Å²) in [5.74, 6) is 0.00672. The molecule has 0 saturated heterocycles. The van der Waals surface area contributed by atoms with E-state index in [1.165, 1.54) is 11.1 Å². The van der Waals surface area contributed by atoms with E-state index in [2.05, 4.69) is 37.0 Å². The fourth-order valence-corrected chi connectivity index (χ4v) is 2.38. The van der Waals surface area contributed by atoms with Crippen LogP contribution in [0.15, 0.2) is 53.5 Å². The summed E-state index contributed by atoms with van der Waals surface area (Å²) >= 11 is 0. The van der Waals surface area contributed by atoms with Gasteiger partial charge in [-0.3, -0.25) is 9.79 Å². The second kappa shape index (κ2) is 6.29. The van der Waals surface area contributed by atoms with E-state index < -0.39 is 0 Å². The average molecular weight is 265 g/mol. The molecule has 2 aromatic carbocycles. The van der Waals surface area contributed by atoms with Gasteiger partial charge >= 0.3 is 0 Å². The van der Waals surface area contributed by atoms with Crippen molar-refractivity contribution >= 4 is 11.5 Å². The number of hydrogen-bond acceptors (Lipinski definition) is 2. The highest BCUT2D eigenvalue weighted by Gasteiger charge is 2.13. The Morgan fingerprint density at radius 3 is 2.15 bits per heavy atom. The third kappa shape index (κ3) is 3.41. The van der Waals surface area contributed by atoms with Crippen molar-refractivity contribution in [1.82, 2.24) is 0 Å². The van der Waals surface area contributed by atoms with Gasteiger partial charge in [0.2, 0.25) is 5.78 Å². The van der Waals surface area contributed by atoms with Gasteiger partial charge in [-0.05, 0) is 19.4 Å². The zero-order valence-corrected chi connectivity index (χ0v) is 12.2. The molecule has 0 unspecified atom stereocenters. The Morgan fingerprint density at radius 1 is 1.00 bits per heavy atom. The molecule has 0 saturated carbocycles. The number of Topliss-reactive ketones (excluding diaryl/α,β-unsaturated/α-hetero) is 1. The van der Waals surface area contributed by atoms with E-state index in [4.69, 9.17) is 0 Å². The van der Waals surface area contributed by atoms with E-state index in [1.54, 1.807) is 7.05 Å². The van der Waals surface area contributed by atoms with E-state index in [1.807, 2.05) is 30.3 Å². The summed E-state index contributed by atoms with van der Waals surface area (Å²) < 4.78 is 0. The molecule has 0 aliphatic rings. The number of carbonyl (C=O) groups excluding carboxylic acids is 1. The number of nitrogens with zero attached hydrogens (tertiary/aromatic N) is 1. The van der Waals surface area contributed by atoms with E-state index in [0.29, 0.717) is 17.7 Å². The highest BCUT2D eigenvalue weighted by Crippen LogP contribution is 2.12. The van der Waals surface area contributed by atoms with Gasteiger partial charge in [0.15, 0.2) is 0 Å². The molecule has 2 heteroatoms. The lowest BCUT2D eigenvalue weighted by Crippen LogP contribution is -2.17. The van der Waals surface area contributed by atoms with Gasteiger partial charge in [-0.15, -0.1) is 0 Å². The van der Waals surface area contributed by atoms with E-state index in [-0.39, 0.29) is 5.78 Å². The first-order valence-corrected chi connectivity index (χ1v) is 6.72. The van der Waals surface area contributed by atoms with Crippen LogP contribution >= 0.6 is 0 Å². The third-order valence-corrected chi connectivity index (χ3v) is 3.22. The lowest BCUT2D eigenvalue weighted by Gasteiger charge is -2.07. The van der Waals surface area contributed by atoms with Crippen molar-refractivity contribution in [3.63, 3.8) is 0 Å². The fraction of sp³-hybridized carbons (Fsp3) is 0.222. The van der Waals surface area contributed by atoms with Gasteiger partial charge in [0, 0.05) is 19.0 Å². The van der Waals surface area contributed by atoms with Crippen LogP contribution in [0.25, 0.3) is 0 Å². The molecule has 0 atom stereocenters. The predicted octanol–water partition coefficient (Wildman–Crippen LogP) is 3.80. The summed E-state index contributed by atoms with van der Waals surface area (Å²) in [6, 6.07) is 15.7. The van der Waals surface area contributed by atoms with Crippen molar-refractivity contribution in [3.05, 3.63) is 70.8 Å². The third-order valence-electron chi connectivity index (χ3n) is 3.22. The Balaban J connectivity index is 2.24. The molecule has 0 N–H and O–H groups in total. The molecule has 102 valence electrons. The average Bonchev–Trinajstić information content (AvgIpc) is 2.44. The van der Waals surface area contributed by atoms with Crippen molar-refractivity contribution in [2.45, 2.75) is 20.3 Å². The number of aliphatic imine (C=N–C) groups is 1. The zero-order valence-electron chi connectivity index (χ0n) is 12.2. The van der Waals surface area contributed by atoms with Gasteiger partial charge in [-0.25, -0.2) is 0 Å². The van der Waals surface area contributed by atoms with Crippen LogP contribution in [0.4, 0.5) is 0 Å². The van der Waals surface area contributed by atoms with Gasteiger partial charge in [0.05, 0.1) is 5.71 Å². The Hall–Kier alpha value is -2.22. The molecule has 0 spiro atoms. The van der Waals surface area contributed by atoms with Gasteiger partial charge in [-0.1, -0.05) is 59.7 Å². The summed E-state index contributed by atoms with van der Waals surface area (Å²) in [7, 11) is 1.68. The number of rotatable bonds is 4. The number of ketones is 1. The second-order valence-corrected chi connectivity index (χ2v) is 5.04. The van der Waals surface area contributed by atoms with Gasteiger partial charge in [0.25, 0.3) is 0 Å². The quantitative estimate of drug-likeness (QED) is 0.610. The monoisotopic (exact) mass is 265 g/mol. The minimum atomic E-state index is 0.00672. The molecule has 0 aromatic heterocycles. The van der Waals surface area contributed by atoms with Crippen LogP contribution in [-0.4, -0.2) is 18.5 Å². The summed E-state index contributed by atoms with van der Waals surface area (Å²) in [4.78, 5) is 16.6. The molecule has 2 aromatic rings. The number of hydrogen-bond donors (Lipinski definition) is 0. The van der Waals surface area contributed by atoms with E-state index in [0.717, 1.165) is 5.56 Å². The molecule has 0 fully saturated rings. The lowest BCUT2D eigenvalue weighted by atomic mass is 9.98. The maximum atomic E-state index is 12.4. The summed E-state index contributed by atoms with van der Waals surface area (Å²) in [5, 5.41) is 0. The number of aryl methyl sites for hydroxylation is 2. The Morgan fingerprint density at radius 2 is 1.60 bits per heavy atom. The van der Waals surface area contributed by atoms with Crippen molar-refractivity contribution < 1.29 is 4.79 Å². The number of benzene rings is 2. The fourth-order valence-electron chi connectivity index (χ4n) is 2.38. The predicted molar refractivity (Wildman–Crippen MR) is 83.8 cm³/mol.